The number of rotatable bonds is 5. The second kappa shape index (κ2) is 5.48. The van der Waals surface area contributed by atoms with Gasteiger partial charge in [-0.15, -0.1) is 11.3 Å². The van der Waals surface area contributed by atoms with Crippen LogP contribution in [0.2, 0.25) is 0 Å². The van der Waals surface area contributed by atoms with Gasteiger partial charge >= 0.3 is 5.97 Å². The second-order valence-electron chi connectivity index (χ2n) is 4.76. The van der Waals surface area contributed by atoms with E-state index in [-0.39, 0.29) is 6.42 Å². The van der Waals surface area contributed by atoms with Crippen LogP contribution in [-0.4, -0.2) is 16.1 Å². The number of carbonyl (C=O) groups is 1. The number of thiazole rings is 1. The fourth-order valence-corrected chi connectivity index (χ4v) is 2.79. The first-order chi connectivity index (χ1) is 8.56. The zero-order valence-electron chi connectivity index (χ0n) is 10.6. The topological polar surface area (TPSA) is 50.2 Å². The highest BCUT2D eigenvalue weighted by molar-refractivity contribution is 7.18. The third kappa shape index (κ3) is 3.07. The molecule has 0 bridgehead atoms. The highest BCUT2D eigenvalue weighted by Gasteiger charge is 2.08. The quantitative estimate of drug-likeness (QED) is 0.892. The molecule has 96 valence electrons. The predicted octanol–water partition coefficient (Wildman–Crippen LogP) is 3.83. The van der Waals surface area contributed by atoms with Crippen molar-refractivity contribution in [3.05, 3.63) is 28.8 Å². The summed E-state index contributed by atoms with van der Waals surface area (Å²) < 4.78 is 1.21. The zero-order chi connectivity index (χ0) is 13.1. The van der Waals surface area contributed by atoms with Crippen LogP contribution in [-0.2, 0) is 11.2 Å². The Morgan fingerprint density at radius 3 is 2.89 bits per heavy atom. The van der Waals surface area contributed by atoms with Gasteiger partial charge < -0.3 is 5.11 Å². The third-order valence-corrected chi connectivity index (χ3v) is 4.16. The van der Waals surface area contributed by atoms with E-state index in [1.807, 2.05) is 0 Å². The Labute approximate surface area is 110 Å². The maximum Gasteiger partial charge on any atom is 0.303 e. The SMILES string of the molecule is CC(C)c1nc2cc(CCCC(=O)O)ccc2s1. The Balaban J connectivity index is 2.14. The number of nitrogens with zero attached hydrogens (tertiary/aromatic N) is 1. The van der Waals surface area contributed by atoms with Crippen LogP contribution >= 0.6 is 11.3 Å². The minimum absolute atomic E-state index is 0.229. The van der Waals surface area contributed by atoms with Gasteiger partial charge in [-0.3, -0.25) is 4.79 Å². The van der Waals surface area contributed by atoms with Crippen molar-refractivity contribution in [2.75, 3.05) is 0 Å². The Kier molecular flexibility index (Phi) is 3.97. The summed E-state index contributed by atoms with van der Waals surface area (Å²) in [6.45, 7) is 4.29. The lowest BCUT2D eigenvalue weighted by Crippen LogP contribution is -1.95. The molecule has 0 radical (unpaired) electrons. The minimum Gasteiger partial charge on any atom is -0.481 e. The Bertz CT molecular complexity index is 560. The summed E-state index contributed by atoms with van der Waals surface area (Å²) in [4.78, 5) is 15.1. The van der Waals surface area contributed by atoms with Crippen LogP contribution in [0, 0.1) is 0 Å². The molecular formula is C14H17NO2S. The van der Waals surface area contributed by atoms with E-state index in [4.69, 9.17) is 5.11 Å². The largest absolute Gasteiger partial charge is 0.481 e. The van der Waals surface area contributed by atoms with Crippen LogP contribution in [0.5, 0.6) is 0 Å². The summed E-state index contributed by atoms with van der Waals surface area (Å²) >= 11 is 1.74. The van der Waals surface area contributed by atoms with Crippen molar-refractivity contribution in [2.45, 2.75) is 39.0 Å². The molecule has 18 heavy (non-hydrogen) atoms. The van der Waals surface area contributed by atoms with Crippen molar-refractivity contribution in [3.63, 3.8) is 0 Å². The summed E-state index contributed by atoms with van der Waals surface area (Å²) in [5.41, 5.74) is 2.21. The average molecular weight is 263 g/mol. The van der Waals surface area contributed by atoms with E-state index >= 15 is 0 Å². The molecule has 4 heteroatoms. The average Bonchev–Trinajstić information content (AvgIpc) is 2.71. The first kappa shape index (κ1) is 13.0. The van der Waals surface area contributed by atoms with Crippen LogP contribution in [0.25, 0.3) is 10.2 Å². The van der Waals surface area contributed by atoms with Crippen molar-refractivity contribution in [1.29, 1.82) is 0 Å². The van der Waals surface area contributed by atoms with Crippen LogP contribution in [0.1, 0.15) is 43.2 Å². The van der Waals surface area contributed by atoms with Crippen LogP contribution in [0.3, 0.4) is 0 Å². The lowest BCUT2D eigenvalue weighted by atomic mass is 10.1. The van der Waals surface area contributed by atoms with E-state index in [1.165, 1.54) is 10.3 Å². The number of carboxylic acid groups (broad SMARTS) is 1. The molecule has 0 fully saturated rings. The van der Waals surface area contributed by atoms with Gasteiger partial charge in [-0.2, -0.15) is 0 Å². The van der Waals surface area contributed by atoms with Gasteiger partial charge in [0.05, 0.1) is 15.2 Å². The lowest BCUT2D eigenvalue weighted by molar-refractivity contribution is -0.137. The number of benzene rings is 1. The molecule has 3 nitrogen and oxygen atoms in total. The van der Waals surface area contributed by atoms with Gasteiger partial charge in [0, 0.05) is 12.3 Å². The Morgan fingerprint density at radius 1 is 1.44 bits per heavy atom. The number of hydrogen-bond donors (Lipinski definition) is 1. The van der Waals surface area contributed by atoms with Gasteiger partial charge in [-0.1, -0.05) is 19.9 Å². The Morgan fingerprint density at radius 2 is 2.22 bits per heavy atom. The molecule has 0 amide bonds. The molecule has 1 aromatic carbocycles. The summed E-state index contributed by atoms with van der Waals surface area (Å²) in [6.07, 6.45) is 1.71. The maximum absolute atomic E-state index is 10.5. The summed E-state index contributed by atoms with van der Waals surface area (Å²) in [7, 11) is 0. The molecule has 0 saturated carbocycles. The number of hydrogen-bond acceptors (Lipinski definition) is 3. The monoisotopic (exact) mass is 263 g/mol. The number of aromatic nitrogens is 1. The van der Waals surface area contributed by atoms with Crippen molar-refractivity contribution in [3.8, 4) is 0 Å². The molecule has 0 spiro atoms. The molecule has 0 aliphatic carbocycles. The molecule has 2 rings (SSSR count). The Hall–Kier alpha value is -1.42. The van der Waals surface area contributed by atoms with Crippen molar-refractivity contribution < 1.29 is 9.90 Å². The van der Waals surface area contributed by atoms with Crippen molar-refractivity contribution >= 4 is 27.5 Å². The van der Waals surface area contributed by atoms with Crippen LogP contribution in [0.4, 0.5) is 0 Å². The standard InChI is InChI=1S/C14H17NO2S/c1-9(2)14-15-11-8-10(4-3-5-13(16)17)6-7-12(11)18-14/h6-9H,3-5H2,1-2H3,(H,16,17). The minimum atomic E-state index is -0.730. The molecule has 1 aromatic heterocycles. The molecule has 0 aliphatic rings. The first-order valence-corrected chi connectivity index (χ1v) is 6.99. The van der Waals surface area contributed by atoms with Gasteiger partial charge in [-0.05, 0) is 30.5 Å². The van der Waals surface area contributed by atoms with Crippen LogP contribution in [0.15, 0.2) is 18.2 Å². The molecular weight excluding hydrogens is 246 g/mol. The zero-order valence-corrected chi connectivity index (χ0v) is 11.5. The predicted molar refractivity (Wildman–Crippen MR) is 74.3 cm³/mol. The van der Waals surface area contributed by atoms with Gasteiger partial charge in [-0.25, -0.2) is 4.98 Å². The number of aryl methyl sites for hydroxylation is 1. The van der Waals surface area contributed by atoms with Crippen molar-refractivity contribution in [2.24, 2.45) is 0 Å². The van der Waals surface area contributed by atoms with Gasteiger partial charge in [0.25, 0.3) is 0 Å². The normalized spacial score (nSPS) is 11.3. The van der Waals surface area contributed by atoms with E-state index < -0.39 is 5.97 Å². The maximum atomic E-state index is 10.5. The fraction of sp³-hybridized carbons (Fsp3) is 0.429. The molecule has 1 N–H and O–H groups in total. The van der Waals surface area contributed by atoms with Gasteiger partial charge in [0.15, 0.2) is 0 Å². The number of fused-ring (bicyclic) bond motifs is 1. The number of aliphatic carboxylic acids is 1. The van der Waals surface area contributed by atoms with E-state index in [1.54, 1.807) is 11.3 Å². The molecule has 0 saturated heterocycles. The summed E-state index contributed by atoms with van der Waals surface area (Å²) in [5.74, 6) is -0.273. The van der Waals surface area contributed by atoms with E-state index in [0.29, 0.717) is 12.3 Å². The molecule has 2 aromatic rings. The number of carboxylic acids is 1. The third-order valence-electron chi connectivity index (χ3n) is 2.82. The van der Waals surface area contributed by atoms with E-state index in [9.17, 15) is 4.79 Å². The lowest BCUT2D eigenvalue weighted by Gasteiger charge is -1.99. The molecule has 0 unspecified atom stereocenters. The fourth-order valence-electron chi connectivity index (χ4n) is 1.84. The molecule has 0 atom stereocenters. The van der Waals surface area contributed by atoms with E-state index in [2.05, 4.69) is 37.0 Å². The van der Waals surface area contributed by atoms with Crippen molar-refractivity contribution in [1.82, 2.24) is 4.98 Å². The molecule has 0 aliphatic heterocycles. The van der Waals surface area contributed by atoms with Crippen LogP contribution < -0.4 is 0 Å². The second-order valence-corrected chi connectivity index (χ2v) is 5.82. The summed E-state index contributed by atoms with van der Waals surface area (Å²) in [6, 6.07) is 6.25. The summed E-state index contributed by atoms with van der Waals surface area (Å²) in [5, 5.41) is 9.78. The highest BCUT2D eigenvalue weighted by Crippen LogP contribution is 2.28. The highest BCUT2D eigenvalue weighted by atomic mass is 32.1. The van der Waals surface area contributed by atoms with Gasteiger partial charge in [0.1, 0.15) is 0 Å². The first-order valence-electron chi connectivity index (χ1n) is 6.17. The molecule has 1 heterocycles. The van der Waals surface area contributed by atoms with E-state index in [0.717, 1.165) is 16.9 Å². The smallest absolute Gasteiger partial charge is 0.303 e. The van der Waals surface area contributed by atoms with Gasteiger partial charge in [0.2, 0.25) is 0 Å².